The molecule has 1 aliphatic rings. The van der Waals surface area contributed by atoms with Crippen molar-refractivity contribution in [3.8, 4) is 0 Å². The van der Waals surface area contributed by atoms with Gasteiger partial charge in [-0.1, -0.05) is 0 Å². The summed E-state index contributed by atoms with van der Waals surface area (Å²) in [4.78, 5) is 0. The van der Waals surface area contributed by atoms with Crippen molar-refractivity contribution in [2.75, 3.05) is 7.05 Å². The van der Waals surface area contributed by atoms with Gasteiger partial charge in [0.05, 0.1) is 17.4 Å². The molecule has 2 unspecified atom stereocenters. The van der Waals surface area contributed by atoms with Crippen LogP contribution in [0.5, 0.6) is 0 Å². The summed E-state index contributed by atoms with van der Waals surface area (Å²) in [6, 6.07) is 2.27. The summed E-state index contributed by atoms with van der Waals surface area (Å²) < 4.78 is 6.18. The molecule has 1 saturated heterocycles. The Bertz CT molecular complexity index is 403. The van der Waals surface area contributed by atoms with Gasteiger partial charge in [0, 0.05) is 18.2 Å². The second-order valence-electron chi connectivity index (χ2n) is 6.22. The lowest BCUT2D eigenvalue weighted by molar-refractivity contribution is -0.0776. The van der Waals surface area contributed by atoms with Gasteiger partial charge in [-0.05, 0) is 52.8 Å². The van der Waals surface area contributed by atoms with Gasteiger partial charge in [-0.2, -0.15) is 10.2 Å². The fourth-order valence-corrected chi connectivity index (χ4v) is 3.21. The number of ether oxygens (including phenoxy) is 1. The van der Waals surface area contributed by atoms with Crippen LogP contribution in [-0.4, -0.2) is 28.4 Å². The summed E-state index contributed by atoms with van der Waals surface area (Å²) in [6.07, 6.45) is 4.62. The van der Waals surface area contributed by atoms with Crippen LogP contribution in [0.15, 0.2) is 18.5 Å². The normalized spacial score (nSPS) is 27.1. The number of nitrogens with zero attached hydrogens (tertiary/aromatic N) is 2. The van der Waals surface area contributed by atoms with Gasteiger partial charge in [-0.3, -0.25) is 0 Å². The molecule has 0 aliphatic carbocycles. The van der Waals surface area contributed by atoms with Crippen LogP contribution in [0.25, 0.3) is 0 Å². The molecule has 4 heteroatoms. The van der Waals surface area contributed by atoms with E-state index in [0.717, 1.165) is 6.42 Å². The highest BCUT2D eigenvalue weighted by Crippen LogP contribution is 2.47. The van der Waals surface area contributed by atoms with Crippen LogP contribution in [0, 0.1) is 5.92 Å². The first-order valence-corrected chi connectivity index (χ1v) is 6.50. The quantitative estimate of drug-likeness (QED) is 0.893. The Hall–Kier alpha value is -1.00. The lowest BCUT2D eigenvalue weighted by Gasteiger charge is -2.32. The number of hydrogen-bond donors (Lipinski definition) is 1. The van der Waals surface area contributed by atoms with Gasteiger partial charge in [0.2, 0.25) is 0 Å². The number of aromatic nitrogens is 2. The minimum Gasteiger partial charge on any atom is -0.369 e. The van der Waals surface area contributed by atoms with Crippen LogP contribution in [0.4, 0.5) is 0 Å². The lowest BCUT2D eigenvalue weighted by atomic mass is 9.79. The van der Waals surface area contributed by atoms with E-state index in [9.17, 15) is 0 Å². The Morgan fingerprint density at radius 2 is 2.06 bits per heavy atom. The molecule has 1 aromatic heterocycles. The van der Waals surface area contributed by atoms with Gasteiger partial charge in [0.15, 0.2) is 0 Å². The number of rotatable bonds is 3. The van der Waals surface area contributed by atoms with E-state index in [1.807, 2.05) is 19.3 Å². The van der Waals surface area contributed by atoms with Crippen molar-refractivity contribution < 1.29 is 4.74 Å². The molecule has 1 aliphatic heterocycles. The fourth-order valence-electron chi connectivity index (χ4n) is 3.21. The molecule has 1 aromatic rings. The average Bonchev–Trinajstić information content (AvgIpc) is 2.50. The van der Waals surface area contributed by atoms with Crippen LogP contribution in [0.1, 0.15) is 45.7 Å². The van der Waals surface area contributed by atoms with Crippen LogP contribution in [0.3, 0.4) is 0 Å². The third-order valence-electron chi connectivity index (χ3n) is 3.82. The van der Waals surface area contributed by atoms with Gasteiger partial charge >= 0.3 is 0 Å². The van der Waals surface area contributed by atoms with Crippen molar-refractivity contribution in [2.45, 2.75) is 51.4 Å². The molecule has 0 aromatic carbocycles. The van der Waals surface area contributed by atoms with Gasteiger partial charge in [-0.15, -0.1) is 0 Å². The number of hydrogen-bond acceptors (Lipinski definition) is 4. The van der Waals surface area contributed by atoms with Gasteiger partial charge < -0.3 is 10.1 Å². The van der Waals surface area contributed by atoms with Crippen molar-refractivity contribution in [2.24, 2.45) is 5.92 Å². The molecule has 18 heavy (non-hydrogen) atoms. The van der Waals surface area contributed by atoms with E-state index in [1.54, 1.807) is 6.20 Å². The maximum atomic E-state index is 6.18. The standard InChI is InChI=1S/C14H23N3O/c1-13(2)8-11(14(3,4)18-13)12(15-5)10-6-7-16-17-9-10/h6-7,9,11-12,15H,8H2,1-5H3. The summed E-state index contributed by atoms with van der Waals surface area (Å²) in [6.45, 7) is 8.66. The molecule has 1 N–H and O–H groups in total. The van der Waals surface area contributed by atoms with Crippen LogP contribution in [0.2, 0.25) is 0 Å². The van der Waals surface area contributed by atoms with Crippen LogP contribution < -0.4 is 5.32 Å². The highest BCUT2D eigenvalue weighted by Gasteiger charge is 2.49. The summed E-state index contributed by atoms with van der Waals surface area (Å²) in [7, 11) is 1.99. The molecule has 2 atom stereocenters. The second-order valence-corrected chi connectivity index (χ2v) is 6.22. The third kappa shape index (κ3) is 2.54. The highest BCUT2D eigenvalue weighted by molar-refractivity contribution is 5.16. The largest absolute Gasteiger partial charge is 0.369 e. The molecule has 100 valence electrons. The predicted octanol–water partition coefficient (Wildman–Crippen LogP) is 2.33. The van der Waals surface area contributed by atoms with E-state index in [-0.39, 0.29) is 17.2 Å². The molecule has 0 saturated carbocycles. The zero-order valence-electron chi connectivity index (χ0n) is 11.9. The molecule has 2 heterocycles. The smallest absolute Gasteiger partial charge is 0.0681 e. The summed E-state index contributed by atoms with van der Waals surface area (Å²) in [5.41, 5.74) is 0.969. The monoisotopic (exact) mass is 249 g/mol. The van der Waals surface area contributed by atoms with Crippen molar-refractivity contribution in [3.63, 3.8) is 0 Å². The Labute approximate surface area is 109 Å². The van der Waals surface area contributed by atoms with E-state index in [4.69, 9.17) is 4.74 Å². The Morgan fingerprint density at radius 3 is 2.50 bits per heavy atom. The van der Waals surface area contributed by atoms with E-state index in [1.165, 1.54) is 5.56 Å². The molecule has 0 amide bonds. The lowest BCUT2D eigenvalue weighted by Crippen LogP contribution is -2.37. The predicted molar refractivity (Wildman–Crippen MR) is 71.2 cm³/mol. The first kappa shape index (κ1) is 13.4. The van der Waals surface area contributed by atoms with E-state index in [2.05, 4.69) is 43.2 Å². The zero-order chi connectivity index (χ0) is 13.4. The summed E-state index contributed by atoms with van der Waals surface area (Å²) in [5.74, 6) is 0.418. The minimum atomic E-state index is -0.138. The minimum absolute atomic E-state index is 0.0657. The molecule has 4 nitrogen and oxygen atoms in total. The first-order chi connectivity index (χ1) is 8.36. The topological polar surface area (TPSA) is 47.0 Å². The van der Waals surface area contributed by atoms with Crippen molar-refractivity contribution >= 4 is 0 Å². The Kier molecular flexibility index (Phi) is 3.43. The molecule has 0 bridgehead atoms. The molecule has 0 radical (unpaired) electrons. The Morgan fingerprint density at radius 1 is 1.33 bits per heavy atom. The summed E-state index contributed by atoms with van der Waals surface area (Å²) in [5, 5.41) is 11.2. The second kappa shape index (κ2) is 4.59. The average molecular weight is 249 g/mol. The molecule has 1 fully saturated rings. The van der Waals surface area contributed by atoms with Crippen molar-refractivity contribution in [1.82, 2.24) is 15.5 Å². The summed E-state index contributed by atoms with van der Waals surface area (Å²) >= 11 is 0. The van der Waals surface area contributed by atoms with Crippen LogP contribution in [-0.2, 0) is 4.74 Å². The molecule has 2 rings (SSSR count). The van der Waals surface area contributed by atoms with Gasteiger partial charge in [-0.25, -0.2) is 0 Å². The first-order valence-electron chi connectivity index (χ1n) is 6.50. The molecule has 0 spiro atoms. The molecular weight excluding hydrogens is 226 g/mol. The van der Waals surface area contributed by atoms with E-state index >= 15 is 0 Å². The SMILES string of the molecule is CNC(c1ccnnc1)C1CC(C)(C)OC1(C)C. The maximum absolute atomic E-state index is 6.18. The van der Waals surface area contributed by atoms with Crippen molar-refractivity contribution in [3.05, 3.63) is 24.0 Å². The molecular formula is C14H23N3O. The maximum Gasteiger partial charge on any atom is 0.0681 e. The van der Waals surface area contributed by atoms with E-state index in [0.29, 0.717) is 5.92 Å². The zero-order valence-corrected chi connectivity index (χ0v) is 11.9. The fraction of sp³-hybridized carbons (Fsp3) is 0.714. The van der Waals surface area contributed by atoms with Gasteiger partial charge in [0.1, 0.15) is 0 Å². The van der Waals surface area contributed by atoms with Crippen LogP contribution >= 0.6 is 0 Å². The Balaban J connectivity index is 2.29. The highest BCUT2D eigenvalue weighted by atomic mass is 16.5. The third-order valence-corrected chi connectivity index (χ3v) is 3.82. The van der Waals surface area contributed by atoms with Crippen molar-refractivity contribution in [1.29, 1.82) is 0 Å². The van der Waals surface area contributed by atoms with E-state index < -0.39 is 0 Å². The number of nitrogens with one attached hydrogen (secondary N) is 1. The van der Waals surface area contributed by atoms with Gasteiger partial charge in [0.25, 0.3) is 0 Å².